The minimum absolute atomic E-state index is 0.231. The maximum Gasteiger partial charge on any atom is 0.164 e. The number of piperidine rings is 1. The molecule has 0 spiro atoms. The minimum Gasteiger partial charge on any atom is -0.368 e. The maximum atomic E-state index is 14.0. The third-order valence-corrected chi connectivity index (χ3v) is 5.31. The third kappa shape index (κ3) is 2.96. The highest BCUT2D eigenvalue weighted by Gasteiger charge is 2.27. The van der Waals surface area contributed by atoms with Crippen molar-refractivity contribution in [3.63, 3.8) is 0 Å². The van der Waals surface area contributed by atoms with Crippen LogP contribution in [0.15, 0.2) is 30.9 Å². The van der Waals surface area contributed by atoms with Gasteiger partial charge in [-0.25, -0.2) is 9.37 Å². The number of imidazole rings is 1. The quantitative estimate of drug-likeness (QED) is 0.864. The molecule has 0 amide bonds. The zero-order chi connectivity index (χ0) is 15.6. The number of rotatable bonds is 4. The summed E-state index contributed by atoms with van der Waals surface area (Å²) in [7, 11) is 0. The molecule has 4 rings (SSSR count). The van der Waals surface area contributed by atoms with Gasteiger partial charge in [0.2, 0.25) is 0 Å². The monoisotopic (exact) mass is 314 g/mol. The lowest BCUT2D eigenvalue weighted by Gasteiger charge is -2.35. The molecule has 0 bridgehead atoms. The topological polar surface area (TPSA) is 34.0 Å². The van der Waals surface area contributed by atoms with Crippen molar-refractivity contribution < 1.29 is 4.39 Å². The molecule has 2 aliphatic rings. The first-order valence-electron chi connectivity index (χ1n) is 8.67. The van der Waals surface area contributed by atoms with Gasteiger partial charge in [-0.1, -0.05) is 6.42 Å². The van der Waals surface area contributed by atoms with Gasteiger partial charge in [0.05, 0.1) is 11.9 Å². The summed E-state index contributed by atoms with van der Waals surface area (Å²) in [5, 5.41) is 0. The smallest absolute Gasteiger partial charge is 0.164 e. The second-order valence-electron chi connectivity index (χ2n) is 6.85. The first kappa shape index (κ1) is 14.7. The van der Waals surface area contributed by atoms with Crippen molar-refractivity contribution in [1.82, 2.24) is 14.5 Å². The van der Waals surface area contributed by atoms with Gasteiger partial charge in [0.25, 0.3) is 0 Å². The van der Waals surface area contributed by atoms with Gasteiger partial charge in [-0.2, -0.15) is 0 Å². The lowest BCUT2D eigenvalue weighted by Crippen LogP contribution is -2.36. The van der Waals surface area contributed by atoms with E-state index in [1.54, 1.807) is 12.3 Å². The van der Waals surface area contributed by atoms with Gasteiger partial charge in [-0.3, -0.25) is 4.98 Å². The van der Waals surface area contributed by atoms with Gasteiger partial charge < -0.3 is 9.47 Å². The van der Waals surface area contributed by atoms with Crippen molar-refractivity contribution in [1.29, 1.82) is 0 Å². The summed E-state index contributed by atoms with van der Waals surface area (Å²) >= 11 is 0. The van der Waals surface area contributed by atoms with Crippen molar-refractivity contribution in [3.05, 3.63) is 42.5 Å². The lowest BCUT2D eigenvalue weighted by molar-refractivity contribution is 0.270. The van der Waals surface area contributed by atoms with Crippen LogP contribution in [-0.2, 0) is 6.54 Å². The van der Waals surface area contributed by atoms with Crippen LogP contribution in [-0.4, -0.2) is 27.6 Å². The van der Waals surface area contributed by atoms with Crippen molar-refractivity contribution in [3.8, 4) is 0 Å². The summed E-state index contributed by atoms with van der Waals surface area (Å²) in [6.45, 7) is 2.83. The van der Waals surface area contributed by atoms with E-state index in [2.05, 4.69) is 25.6 Å². The Labute approximate surface area is 136 Å². The molecule has 5 heteroatoms. The van der Waals surface area contributed by atoms with Crippen molar-refractivity contribution in [2.45, 2.75) is 44.6 Å². The molecule has 1 aliphatic carbocycles. The van der Waals surface area contributed by atoms with Gasteiger partial charge in [-0.15, -0.1) is 0 Å². The molecular weight excluding hydrogens is 291 g/mol. The molecule has 23 heavy (non-hydrogen) atoms. The van der Waals surface area contributed by atoms with Gasteiger partial charge in [0.1, 0.15) is 5.82 Å². The summed E-state index contributed by atoms with van der Waals surface area (Å²) in [4.78, 5) is 10.6. The highest BCUT2D eigenvalue weighted by atomic mass is 19.1. The van der Waals surface area contributed by atoms with E-state index in [9.17, 15) is 4.39 Å². The first-order valence-corrected chi connectivity index (χ1v) is 8.67. The predicted octanol–water partition coefficient (Wildman–Crippen LogP) is 3.60. The van der Waals surface area contributed by atoms with Crippen LogP contribution in [0.4, 0.5) is 10.1 Å². The van der Waals surface area contributed by atoms with Gasteiger partial charge in [-0.05, 0) is 37.7 Å². The Morgan fingerprint density at radius 3 is 2.87 bits per heavy atom. The number of pyridine rings is 1. The molecule has 1 unspecified atom stereocenters. The van der Waals surface area contributed by atoms with E-state index in [1.165, 1.54) is 31.3 Å². The van der Waals surface area contributed by atoms with Crippen LogP contribution in [0.5, 0.6) is 0 Å². The van der Waals surface area contributed by atoms with Crippen LogP contribution in [0.3, 0.4) is 0 Å². The van der Waals surface area contributed by atoms with Gasteiger partial charge in [0.15, 0.2) is 5.82 Å². The number of nitrogens with zero attached hydrogens (tertiary/aromatic N) is 4. The zero-order valence-electron chi connectivity index (χ0n) is 13.4. The fourth-order valence-corrected chi connectivity index (χ4v) is 3.82. The Morgan fingerprint density at radius 2 is 2.09 bits per heavy atom. The average Bonchev–Trinajstić information content (AvgIpc) is 3.00. The summed E-state index contributed by atoms with van der Waals surface area (Å²) in [5.74, 6) is 2.15. The van der Waals surface area contributed by atoms with Crippen molar-refractivity contribution >= 4 is 5.69 Å². The average molecular weight is 314 g/mol. The number of hydrogen-bond donors (Lipinski definition) is 0. The zero-order valence-corrected chi connectivity index (χ0v) is 13.4. The Morgan fingerprint density at radius 1 is 1.17 bits per heavy atom. The summed E-state index contributed by atoms with van der Waals surface area (Å²) < 4.78 is 16.4. The molecule has 0 aromatic carbocycles. The molecule has 2 fully saturated rings. The van der Waals surface area contributed by atoms with E-state index in [1.807, 2.05) is 6.20 Å². The van der Waals surface area contributed by atoms with E-state index in [4.69, 9.17) is 0 Å². The number of hydrogen-bond acceptors (Lipinski definition) is 3. The minimum atomic E-state index is -0.231. The van der Waals surface area contributed by atoms with Crippen molar-refractivity contribution in [2.75, 3.05) is 18.0 Å². The Kier molecular flexibility index (Phi) is 4.02. The Hall–Kier alpha value is -1.91. The Bertz CT molecular complexity index is 665. The van der Waals surface area contributed by atoms with Crippen molar-refractivity contribution in [2.24, 2.45) is 5.92 Å². The molecule has 1 aliphatic heterocycles. The SMILES string of the molecule is Fc1cnccc1N1CCCC(c2nccn2CC2CCC2)C1. The van der Waals surface area contributed by atoms with E-state index in [-0.39, 0.29) is 5.82 Å². The predicted molar refractivity (Wildman–Crippen MR) is 88.0 cm³/mol. The van der Waals surface area contributed by atoms with E-state index in [0.29, 0.717) is 11.6 Å². The van der Waals surface area contributed by atoms with Crippen LogP contribution in [0.25, 0.3) is 0 Å². The molecule has 1 saturated carbocycles. The lowest BCUT2D eigenvalue weighted by atomic mass is 9.85. The largest absolute Gasteiger partial charge is 0.368 e. The highest BCUT2D eigenvalue weighted by Crippen LogP contribution is 2.32. The standard InChI is InChI=1S/C18H23FN4/c19-16-11-20-7-6-17(16)22-9-2-5-15(13-22)18-21-8-10-23(18)12-14-3-1-4-14/h6-8,10-11,14-15H,1-5,9,12-13H2. The molecule has 0 N–H and O–H groups in total. The van der Waals surface area contributed by atoms with Crippen LogP contribution in [0.1, 0.15) is 43.8 Å². The number of halogens is 1. The third-order valence-electron chi connectivity index (χ3n) is 5.31. The number of aromatic nitrogens is 3. The second kappa shape index (κ2) is 6.30. The van der Waals surface area contributed by atoms with E-state index in [0.717, 1.165) is 38.4 Å². The van der Waals surface area contributed by atoms with Gasteiger partial charge >= 0.3 is 0 Å². The molecule has 0 radical (unpaired) electrons. The van der Waals surface area contributed by atoms with E-state index < -0.39 is 0 Å². The summed E-state index contributed by atoms with van der Waals surface area (Å²) in [6, 6.07) is 1.78. The van der Waals surface area contributed by atoms with Crippen LogP contribution in [0.2, 0.25) is 0 Å². The molecule has 1 atom stereocenters. The first-order chi connectivity index (χ1) is 11.3. The molecule has 3 heterocycles. The molecule has 4 nitrogen and oxygen atoms in total. The Balaban J connectivity index is 1.51. The number of anilines is 1. The van der Waals surface area contributed by atoms with E-state index >= 15 is 0 Å². The second-order valence-corrected chi connectivity index (χ2v) is 6.85. The molecule has 122 valence electrons. The summed E-state index contributed by atoms with van der Waals surface area (Å²) in [6.07, 6.45) is 13.3. The highest BCUT2D eigenvalue weighted by molar-refractivity contribution is 5.47. The fourth-order valence-electron chi connectivity index (χ4n) is 3.82. The molecule has 2 aromatic rings. The maximum absolute atomic E-state index is 14.0. The fraction of sp³-hybridized carbons (Fsp3) is 0.556. The van der Waals surface area contributed by atoms with Crippen LogP contribution >= 0.6 is 0 Å². The normalized spacial score (nSPS) is 22.1. The molecular formula is C18H23FN4. The van der Waals surface area contributed by atoms with Crippen LogP contribution < -0.4 is 4.90 Å². The summed E-state index contributed by atoms with van der Waals surface area (Å²) in [5.41, 5.74) is 0.668. The van der Waals surface area contributed by atoms with Gasteiger partial charge in [0, 0.05) is 44.1 Å². The molecule has 2 aromatic heterocycles. The molecule has 1 saturated heterocycles. The van der Waals surface area contributed by atoms with Crippen LogP contribution in [0, 0.1) is 11.7 Å².